The molecule has 0 saturated carbocycles. The van der Waals surface area contributed by atoms with E-state index in [9.17, 15) is 117 Å². The van der Waals surface area contributed by atoms with Crippen molar-refractivity contribution in [3.63, 3.8) is 0 Å². The van der Waals surface area contributed by atoms with Gasteiger partial charge in [0.15, 0.2) is 44.0 Å². The minimum absolute atomic E-state index is 0.499. The quantitative estimate of drug-likeness (QED) is 0.0677. The second-order valence-electron chi connectivity index (χ2n) is 21.7. The SMILES string of the molecule is CC.O=C(O)CCOCC1OC2OC3C(CO)OC(OC4C(CO)OC(OC5C(COCCC(=O)O)OC(OC6C(CO)OC(OC7C(CO)OC(OC8C(CO)OC(OC1C(O)C2O)C(O)C8O)C(O)C7O)C(O)C6O)C(O)C5O)C(O)C4O)C(O)C3O. The van der Waals surface area contributed by atoms with E-state index in [2.05, 4.69) is 0 Å². The number of ether oxygens (including phenoxy) is 16. The monoisotopic (exact) mass is 1310 g/mol. The van der Waals surface area contributed by atoms with Crippen molar-refractivity contribution in [1.29, 1.82) is 0 Å². The lowest BCUT2D eigenvalue weighted by Gasteiger charge is -2.50. The van der Waals surface area contributed by atoms with Crippen LogP contribution in [-0.2, 0) is 85.4 Å². The van der Waals surface area contributed by atoms with Crippen LogP contribution >= 0.6 is 0 Å². The Morgan fingerprint density at radius 2 is 0.427 bits per heavy atom. The zero-order valence-corrected chi connectivity index (χ0v) is 47.7. The van der Waals surface area contributed by atoms with E-state index in [1.807, 2.05) is 13.8 Å². The summed E-state index contributed by atoms with van der Waals surface area (Å²) >= 11 is 0. The Kier molecular flexibility index (Phi) is 27.6. The van der Waals surface area contributed by atoms with Crippen molar-refractivity contribution in [2.45, 2.75) is 242 Å². The fraction of sp³-hybridized carbons (Fsp3) is 0.960. The molecule has 21 heterocycles. The zero-order chi connectivity index (χ0) is 65.5. The molecule has 518 valence electrons. The smallest absolute Gasteiger partial charge is 0.305 e. The highest BCUT2D eigenvalue weighted by Crippen LogP contribution is 2.39. The molecule has 0 aromatic carbocycles. The second kappa shape index (κ2) is 33.3. The minimum Gasteiger partial charge on any atom is -0.481 e. The highest BCUT2D eigenvalue weighted by Gasteiger charge is 2.60. The Hall–Kier alpha value is -2.46. The first kappa shape index (κ1) is 73.9. The van der Waals surface area contributed by atoms with Gasteiger partial charge in [-0.25, -0.2) is 0 Å². The van der Waals surface area contributed by atoms with Crippen LogP contribution in [0.25, 0.3) is 0 Å². The summed E-state index contributed by atoms with van der Waals surface area (Å²) < 4.78 is 91.9. The van der Waals surface area contributed by atoms with Crippen LogP contribution in [0.3, 0.4) is 0 Å². The highest BCUT2D eigenvalue weighted by molar-refractivity contribution is 5.67. The Morgan fingerprint density at radius 3 is 0.584 bits per heavy atom. The molecule has 0 spiro atoms. The maximum atomic E-state index is 11.6. The van der Waals surface area contributed by atoms with Gasteiger partial charge in [-0.3, -0.25) is 9.59 Å². The second-order valence-corrected chi connectivity index (χ2v) is 21.7. The van der Waals surface area contributed by atoms with Gasteiger partial charge in [0, 0.05) is 0 Å². The third-order valence-electron chi connectivity index (χ3n) is 15.9. The predicted molar refractivity (Wildman–Crippen MR) is 272 cm³/mol. The van der Waals surface area contributed by atoms with Gasteiger partial charge in [0.2, 0.25) is 0 Å². The number of carbonyl (C=O) groups is 2. The van der Waals surface area contributed by atoms with Crippen LogP contribution in [0.4, 0.5) is 0 Å². The number of hydrogen-bond acceptors (Lipinski definition) is 37. The number of aliphatic carboxylic acids is 2. The van der Waals surface area contributed by atoms with Gasteiger partial charge in [-0.05, 0) is 0 Å². The van der Waals surface area contributed by atoms with E-state index in [-0.39, 0.29) is 0 Å². The maximum Gasteiger partial charge on any atom is 0.305 e. The molecule has 35 atom stereocenters. The molecule has 21 rings (SSSR count). The number of aliphatic hydroxyl groups is 19. The standard InChI is InChI=1S/C48H78O39.C2H6/c49-5-12-35-21(58)28(65)42(74-12)82-36-13(6-50)77-45(31(68)24(36)61)86-40-17(10-72-3-1-19(54)55)80-48(34(71)27(40)64)85-39-16(9-53)76-44(30(67)23(39)60)83-37-14(7-51)78-46(32(69)25(37)62)87-41-18(11-73-4-2-20(56)57)79-47(33(70)26(41)63)84-38-15(8-52)75-43(81-35)29(66)22(38)59;1-2/h12-18,21-53,58-71H,1-11H2,(H,54,55)(H,56,57);1-2H3. The van der Waals surface area contributed by atoms with Crippen molar-refractivity contribution in [2.24, 2.45) is 0 Å². The van der Waals surface area contributed by atoms with E-state index in [0.717, 1.165) is 0 Å². The molecule has 39 nitrogen and oxygen atoms in total. The molecule has 0 aromatic heterocycles. The number of carboxylic acids is 2. The molecule has 21 N–H and O–H groups in total. The molecule has 21 saturated heterocycles. The van der Waals surface area contributed by atoms with Crippen LogP contribution < -0.4 is 0 Å². The Morgan fingerprint density at radius 1 is 0.270 bits per heavy atom. The predicted octanol–water partition coefficient (Wildman–Crippen LogP) is -13.2. The van der Waals surface area contributed by atoms with E-state index < -0.39 is 299 Å². The summed E-state index contributed by atoms with van der Waals surface area (Å²) in [7, 11) is 0. The van der Waals surface area contributed by atoms with E-state index in [1.54, 1.807) is 0 Å². The van der Waals surface area contributed by atoms with Crippen molar-refractivity contribution in [3.05, 3.63) is 0 Å². The van der Waals surface area contributed by atoms with Gasteiger partial charge < -0.3 is 183 Å². The molecule has 21 aliphatic rings. The van der Waals surface area contributed by atoms with Gasteiger partial charge in [-0.1, -0.05) is 13.8 Å². The molecular formula is C50H84O39. The largest absolute Gasteiger partial charge is 0.481 e. The van der Waals surface area contributed by atoms with E-state index in [0.29, 0.717) is 0 Å². The molecule has 0 aliphatic carbocycles. The Labute approximate surface area is 504 Å². The molecule has 21 fully saturated rings. The Bertz CT molecular complexity index is 2110. The van der Waals surface area contributed by atoms with Crippen molar-refractivity contribution < 1.29 is 193 Å². The average molecular weight is 1310 g/mol. The lowest BCUT2D eigenvalue weighted by Crippen LogP contribution is -2.68. The maximum absolute atomic E-state index is 11.6. The summed E-state index contributed by atoms with van der Waals surface area (Å²) in [4.78, 5) is 22.6. The van der Waals surface area contributed by atoms with Gasteiger partial charge in [0.25, 0.3) is 0 Å². The highest BCUT2D eigenvalue weighted by atomic mass is 16.8. The van der Waals surface area contributed by atoms with Crippen molar-refractivity contribution in [2.75, 3.05) is 59.5 Å². The van der Waals surface area contributed by atoms with Crippen LogP contribution in [0.15, 0.2) is 0 Å². The van der Waals surface area contributed by atoms with Crippen LogP contribution in [0.2, 0.25) is 0 Å². The molecule has 89 heavy (non-hydrogen) atoms. The Balaban J connectivity index is 0.00000558. The van der Waals surface area contributed by atoms with E-state index in [4.69, 9.17) is 75.8 Å². The number of carboxylic acid groups (broad SMARTS) is 2. The zero-order valence-electron chi connectivity index (χ0n) is 47.7. The van der Waals surface area contributed by atoms with Crippen LogP contribution in [0.5, 0.6) is 0 Å². The minimum atomic E-state index is -2.27. The average Bonchev–Trinajstić information content (AvgIpc) is 0.965. The summed E-state index contributed by atoms with van der Waals surface area (Å²) in [6, 6.07) is 0. The van der Waals surface area contributed by atoms with E-state index in [1.165, 1.54) is 0 Å². The van der Waals surface area contributed by atoms with Crippen molar-refractivity contribution >= 4 is 11.9 Å². The molecule has 39 heteroatoms. The molecule has 35 unspecified atom stereocenters. The summed E-state index contributed by atoms with van der Waals surface area (Å²) in [6.45, 7) is -3.89. The van der Waals surface area contributed by atoms with Gasteiger partial charge in [-0.15, -0.1) is 0 Å². The van der Waals surface area contributed by atoms with Gasteiger partial charge >= 0.3 is 11.9 Å². The first-order chi connectivity index (χ1) is 42.4. The van der Waals surface area contributed by atoms with E-state index >= 15 is 0 Å². The summed E-state index contributed by atoms with van der Waals surface area (Å²) in [5.74, 6) is -2.62. The third-order valence-corrected chi connectivity index (χ3v) is 15.9. The summed E-state index contributed by atoms with van der Waals surface area (Å²) in [5.41, 5.74) is 0. The lowest BCUT2D eigenvalue weighted by atomic mass is 9.95. The number of rotatable bonds is 15. The molecule has 14 bridgehead atoms. The topological polar surface area (TPSA) is 607 Å². The lowest BCUT2D eigenvalue weighted by molar-refractivity contribution is -0.397. The number of hydrogen-bond donors (Lipinski definition) is 21. The summed E-state index contributed by atoms with van der Waals surface area (Å²) in [5, 5.41) is 232. The van der Waals surface area contributed by atoms with Gasteiger partial charge in [0.1, 0.15) is 171 Å². The fourth-order valence-electron chi connectivity index (χ4n) is 11.1. The normalized spacial score (nSPS) is 49.2. The number of aliphatic hydroxyl groups excluding tert-OH is 19. The molecule has 21 aliphatic heterocycles. The first-order valence-corrected chi connectivity index (χ1v) is 28.7. The van der Waals surface area contributed by atoms with Crippen LogP contribution in [-0.4, -0.2) is 394 Å². The van der Waals surface area contributed by atoms with Crippen molar-refractivity contribution in [1.82, 2.24) is 0 Å². The van der Waals surface area contributed by atoms with Gasteiger partial charge in [0.05, 0.1) is 72.3 Å². The van der Waals surface area contributed by atoms with Crippen molar-refractivity contribution in [3.8, 4) is 0 Å². The van der Waals surface area contributed by atoms with Crippen LogP contribution in [0, 0.1) is 0 Å². The van der Waals surface area contributed by atoms with Gasteiger partial charge in [-0.2, -0.15) is 0 Å². The molecule has 0 aromatic rings. The van der Waals surface area contributed by atoms with Crippen LogP contribution in [0.1, 0.15) is 26.7 Å². The fourth-order valence-corrected chi connectivity index (χ4v) is 11.1. The first-order valence-electron chi connectivity index (χ1n) is 28.7. The summed E-state index contributed by atoms with van der Waals surface area (Å²) in [6.07, 6.45) is -73.2. The molecule has 0 radical (unpaired) electrons. The molecular weight excluding hydrogens is 1220 g/mol. The third kappa shape index (κ3) is 16.6. The molecule has 0 amide bonds.